The summed E-state index contributed by atoms with van der Waals surface area (Å²) in [6.45, 7) is 4.56. The molecule has 4 nitrogen and oxygen atoms in total. The number of hydrogen-bond acceptors (Lipinski definition) is 2. The van der Waals surface area contributed by atoms with E-state index >= 15 is 0 Å². The van der Waals surface area contributed by atoms with Crippen LogP contribution in [-0.4, -0.2) is 32.3 Å². The lowest BCUT2D eigenvalue weighted by molar-refractivity contribution is -0.132. The maximum Gasteiger partial charge on any atom is 0.390 e. The van der Waals surface area contributed by atoms with Gasteiger partial charge in [0, 0.05) is 13.1 Å². The fourth-order valence-electron chi connectivity index (χ4n) is 1.87. The molecule has 0 spiro atoms. The van der Waals surface area contributed by atoms with Crippen molar-refractivity contribution in [2.75, 3.05) is 20.2 Å². The van der Waals surface area contributed by atoms with Crippen molar-refractivity contribution in [2.24, 2.45) is 4.99 Å². The van der Waals surface area contributed by atoms with Gasteiger partial charge in [-0.2, -0.15) is 13.2 Å². The van der Waals surface area contributed by atoms with Crippen LogP contribution in [-0.2, 0) is 6.54 Å². The molecule has 0 atom stereocenters. The number of benzene rings is 1. The van der Waals surface area contributed by atoms with Gasteiger partial charge in [-0.1, -0.05) is 12.1 Å². The number of hydrogen-bond donors (Lipinski definition) is 2. The van der Waals surface area contributed by atoms with Crippen LogP contribution in [0.4, 0.5) is 13.2 Å². The molecule has 0 saturated heterocycles. The van der Waals surface area contributed by atoms with Crippen molar-refractivity contribution in [3.05, 3.63) is 29.3 Å². The second-order valence-corrected chi connectivity index (χ2v) is 4.79. The number of nitrogens with one attached hydrogen (secondary N) is 2. The van der Waals surface area contributed by atoms with Crippen molar-refractivity contribution in [2.45, 2.75) is 33.0 Å². The third-order valence-corrected chi connectivity index (χ3v) is 2.92. The van der Waals surface area contributed by atoms with Gasteiger partial charge in [-0.15, -0.1) is 24.0 Å². The quantitative estimate of drug-likeness (QED) is 0.400. The number of alkyl halides is 3. The maximum absolute atomic E-state index is 12.1. The zero-order valence-corrected chi connectivity index (χ0v) is 15.8. The summed E-state index contributed by atoms with van der Waals surface area (Å²) in [7, 11) is 1.61. The lowest BCUT2D eigenvalue weighted by Crippen LogP contribution is -2.38. The highest BCUT2D eigenvalue weighted by atomic mass is 127. The Labute approximate surface area is 151 Å². The Morgan fingerprint density at radius 1 is 1.26 bits per heavy atom. The summed E-state index contributed by atoms with van der Waals surface area (Å²) in [6, 6.07) is 5.68. The third-order valence-electron chi connectivity index (χ3n) is 2.92. The summed E-state index contributed by atoms with van der Waals surface area (Å²) in [4.78, 5) is 4.29. The van der Waals surface area contributed by atoms with Crippen LogP contribution in [0.1, 0.15) is 24.5 Å². The van der Waals surface area contributed by atoms with Crippen LogP contribution in [0, 0.1) is 6.92 Å². The fourth-order valence-corrected chi connectivity index (χ4v) is 1.87. The highest BCUT2D eigenvalue weighted by molar-refractivity contribution is 14.0. The van der Waals surface area contributed by atoms with Crippen LogP contribution in [0.15, 0.2) is 23.2 Å². The first-order valence-electron chi connectivity index (χ1n) is 7.08. The van der Waals surface area contributed by atoms with Gasteiger partial charge in [0.15, 0.2) is 5.96 Å². The maximum atomic E-state index is 12.1. The van der Waals surface area contributed by atoms with E-state index in [4.69, 9.17) is 4.74 Å². The molecular weight excluding hydrogens is 422 g/mol. The molecule has 0 aromatic heterocycles. The van der Waals surface area contributed by atoms with E-state index in [1.54, 1.807) is 7.11 Å². The van der Waals surface area contributed by atoms with E-state index in [0.29, 0.717) is 19.0 Å². The lowest BCUT2D eigenvalue weighted by atomic mass is 10.1. The zero-order valence-electron chi connectivity index (χ0n) is 13.5. The molecule has 0 radical (unpaired) electrons. The molecular formula is C15H23F3IN3O. The number of aryl methyl sites for hydroxylation is 1. The molecule has 0 aliphatic carbocycles. The van der Waals surface area contributed by atoms with Gasteiger partial charge in [-0.3, -0.25) is 0 Å². The minimum atomic E-state index is -4.17. The van der Waals surface area contributed by atoms with Crippen LogP contribution >= 0.6 is 24.0 Å². The molecule has 1 rings (SSSR count). The van der Waals surface area contributed by atoms with E-state index in [0.717, 1.165) is 16.9 Å². The van der Waals surface area contributed by atoms with E-state index in [1.807, 2.05) is 32.0 Å². The molecule has 0 saturated carbocycles. The summed E-state index contributed by atoms with van der Waals surface area (Å²) >= 11 is 0. The largest absolute Gasteiger partial charge is 0.496 e. The fraction of sp³-hybridized carbons (Fsp3) is 0.533. The number of halogens is 4. The van der Waals surface area contributed by atoms with Crippen LogP contribution in [0.2, 0.25) is 0 Å². The highest BCUT2D eigenvalue weighted by Gasteiger charge is 2.26. The summed E-state index contributed by atoms with van der Waals surface area (Å²) < 4.78 is 41.6. The van der Waals surface area contributed by atoms with Crippen LogP contribution in [0.25, 0.3) is 0 Å². The molecule has 23 heavy (non-hydrogen) atoms. The average molecular weight is 445 g/mol. The third kappa shape index (κ3) is 8.87. The predicted molar refractivity (Wildman–Crippen MR) is 96.6 cm³/mol. The van der Waals surface area contributed by atoms with Crippen molar-refractivity contribution >= 4 is 29.9 Å². The van der Waals surface area contributed by atoms with Gasteiger partial charge in [0.2, 0.25) is 0 Å². The predicted octanol–water partition coefficient (Wildman–Crippen LogP) is 3.63. The van der Waals surface area contributed by atoms with Crippen LogP contribution < -0.4 is 15.4 Å². The summed E-state index contributed by atoms with van der Waals surface area (Å²) in [5.41, 5.74) is 1.96. The second-order valence-electron chi connectivity index (χ2n) is 4.79. The van der Waals surface area contributed by atoms with E-state index < -0.39 is 12.6 Å². The molecule has 0 aliphatic rings. The molecule has 132 valence electrons. The second kappa shape index (κ2) is 10.6. The first-order chi connectivity index (χ1) is 10.4. The van der Waals surface area contributed by atoms with Crippen molar-refractivity contribution in [3.8, 4) is 5.75 Å². The van der Waals surface area contributed by atoms with E-state index in [2.05, 4.69) is 15.6 Å². The first-order valence-corrected chi connectivity index (χ1v) is 7.08. The van der Waals surface area contributed by atoms with Crippen molar-refractivity contribution in [1.29, 1.82) is 0 Å². The number of ether oxygens (including phenoxy) is 1. The van der Waals surface area contributed by atoms with Crippen LogP contribution in [0.3, 0.4) is 0 Å². The highest BCUT2D eigenvalue weighted by Crippen LogP contribution is 2.19. The standard InChI is InChI=1S/C15H22F3N3O.HI/c1-4-19-14(20-8-7-15(16,17)18)21-10-12-5-6-13(22-3)11(2)9-12;/h5-6,9H,4,7-8,10H2,1-3H3,(H2,19,20,21);1H. The Hall–Kier alpha value is -1.19. The molecule has 2 N–H and O–H groups in total. The number of aliphatic imine (C=N–C) groups is 1. The molecule has 8 heteroatoms. The minimum Gasteiger partial charge on any atom is -0.496 e. The minimum absolute atomic E-state index is 0. The first kappa shape index (κ1) is 21.8. The van der Waals surface area contributed by atoms with E-state index in [1.165, 1.54) is 0 Å². The Kier molecular flexibility index (Phi) is 10.0. The van der Waals surface area contributed by atoms with Gasteiger partial charge in [0.25, 0.3) is 0 Å². The monoisotopic (exact) mass is 445 g/mol. The van der Waals surface area contributed by atoms with Gasteiger partial charge >= 0.3 is 6.18 Å². The van der Waals surface area contributed by atoms with Gasteiger partial charge in [0.1, 0.15) is 5.75 Å². The van der Waals surface area contributed by atoms with Gasteiger partial charge < -0.3 is 15.4 Å². The average Bonchev–Trinajstić information content (AvgIpc) is 2.43. The summed E-state index contributed by atoms with van der Waals surface area (Å²) in [6.07, 6.45) is -5.06. The number of guanidine groups is 1. The lowest BCUT2D eigenvalue weighted by Gasteiger charge is -2.12. The summed E-state index contributed by atoms with van der Waals surface area (Å²) in [5, 5.41) is 5.60. The Balaban J connectivity index is 0.00000484. The molecule has 0 unspecified atom stereocenters. The van der Waals surface area contributed by atoms with Gasteiger partial charge in [-0.25, -0.2) is 4.99 Å². The van der Waals surface area contributed by atoms with Crippen LogP contribution in [0.5, 0.6) is 5.75 Å². The number of nitrogens with zero attached hydrogens (tertiary/aromatic N) is 1. The van der Waals surface area contributed by atoms with Crippen molar-refractivity contribution in [1.82, 2.24) is 10.6 Å². The normalized spacial score (nSPS) is 11.7. The summed E-state index contributed by atoms with van der Waals surface area (Å²) in [5.74, 6) is 1.17. The zero-order chi connectivity index (χ0) is 16.6. The Bertz CT molecular complexity index is 507. The number of rotatable bonds is 6. The van der Waals surface area contributed by atoms with Gasteiger partial charge in [-0.05, 0) is 31.0 Å². The topological polar surface area (TPSA) is 45.7 Å². The van der Waals surface area contributed by atoms with E-state index in [-0.39, 0.29) is 30.5 Å². The van der Waals surface area contributed by atoms with Crippen molar-refractivity contribution < 1.29 is 17.9 Å². The molecule has 0 amide bonds. The number of methoxy groups -OCH3 is 1. The Morgan fingerprint density at radius 3 is 2.48 bits per heavy atom. The molecule has 1 aromatic carbocycles. The molecule has 0 bridgehead atoms. The molecule has 0 heterocycles. The van der Waals surface area contributed by atoms with E-state index in [9.17, 15) is 13.2 Å². The SMILES string of the molecule is CCNC(=NCc1ccc(OC)c(C)c1)NCCC(F)(F)F.I. The Morgan fingerprint density at radius 2 is 1.96 bits per heavy atom. The molecule has 0 aliphatic heterocycles. The van der Waals surface area contributed by atoms with Gasteiger partial charge in [0.05, 0.1) is 20.1 Å². The molecule has 0 fully saturated rings. The van der Waals surface area contributed by atoms with Crippen molar-refractivity contribution in [3.63, 3.8) is 0 Å². The smallest absolute Gasteiger partial charge is 0.390 e. The molecule has 1 aromatic rings.